The van der Waals surface area contributed by atoms with Crippen molar-refractivity contribution in [2.24, 2.45) is 11.8 Å². The molecule has 1 saturated carbocycles. The van der Waals surface area contributed by atoms with Gasteiger partial charge in [0.15, 0.2) is 6.10 Å². The van der Waals surface area contributed by atoms with Crippen molar-refractivity contribution < 1.29 is 24.9 Å². The van der Waals surface area contributed by atoms with Crippen molar-refractivity contribution in [3.05, 3.63) is 0 Å². The largest absolute Gasteiger partial charge is 0.481 e. The molecule has 1 fully saturated rings. The Morgan fingerprint density at radius 1 is 1.13 bits per heavy atom. The highest BCUT2D eigenvalue weighted by Gasteiger charge is 2.34. The maximum Gasteiger partial charge on any atom is 0.333 e. The summed E-state index contributed by atoms with van der Waals surface area (Å²) in [6.07, 6.45) is 2.50. The molecule has 1 aliphatic rings. The van der Waals surface area contributed by atoms with E-state index in [4.69, 9.17) is 10.2 Å². The first-order chi connectivity index (χ1) is 7.02. The van der Waals surface area contributed by atoms with Gasteiger partial charge in [0, 0.05) is 0 Å². The zero-order valence-electron chi connectivity index (χ0n) is 8.43. The Bertz CT molecular complexity index is 244. The maximum absolute atomic E-state index is 10.8. The first kappa shape index (κ1) is 12.0. The lowest BCUT2D eigenvalue weighted by atomic mass is 9.89. The summed E-state index contributed by atoms with van der Waals surface area (Å²) in [5.41, 5.74) is 0. The monoisotopic (exact) mass is 216 g/mol. The van der Waals surface area contributed by atoms with Crippen molar-refractivity contribution >= 4 is 11.9 Å². The van der Waals surface area contributed by atoms with Crippen LogP contribution in [0.5, 0.6) is 0 Å². The van der Waals surface area contributed by atoms with Gasteiger partial charge in [0.1, 0.15) is 0 Å². The molecule has 1 rings (SSSR count). The van der Waals surface area contributed by atoms with Gasteiger partial charge in [-0.3, -0.25) is 4.79 Å². The zero-order chi connectivity index (χ0) is 11.4. The Morgan fingerprint density at radius 3 is 2.07 bits per heavy atom. The molecule has 15 heavy (non-hydrogen) atoms. The van der Waals surface area contributed by atoms with Crippen LogP contribution < -0.4 is 0 Å². The second kappa shape index (κ2) is 5.11. The minimum atomic E-state index is -1.79. The molecule has 0 amide bonds. The van der Waals surface area contributed by atoms with Crippen molar-refractivity contribution in [1.29, 1.82) is 0 Å². The predicted molar refractivity (Wildman–Crippen MR) is 51.3 cm³/mol. The smallest absolute Gasteiger partial charge is 0.333 e. The van der Waals surface area contributed by atoms with Crippen LogP contribution in [0.2, 0.25) is 0 Å². The molecule has 0 heterocycles. The minimum absolute atomic E-state index is 0.250. The van der Waals surface area contributed by atoms with Crippen molar-refractivity contribution in [2.75, 3.05) is 0 Å². The van der Waals surface area contributed by atoms with Crippen LogP contribution in [0.15, 0.2) is 0 Å². The lowest BCUT2D eigenvalue weighted by molar-refractivity contribution is -0.160. The van der Waals surface area contributed by atoms with Crippen LogP contribution in [0.3, 0.4) is 0 Å². The fourth-order valence-corrected chi connectivity index (χ4v) is 2.14. The summed E-state index contributed by atoms with van der Waals surface area (Å²) in [5, 5.41) is 26.6. The number of aliphatic hydroxyl groups is 1. The van der Waals surface area contributed by atoms with Crippen molar-refractivity contribution in [3.8, 4) is 0 Å². The maximum atomic E-state index is 10.8. The third-order valence-corrected chi connectivity index (χ3v) is 3.01. The lowest BCUT2D eigenvalue weighted by Crippen LogP contribution is -2.35. The molecule has 0 saturated heterocycles. The van der Waals surface area contributed by atoms with E-state index in [9.17, 15) is 14.7 Å². The minimum Gasteiger partial charge on any atom is -0.481 e. The van der Waals surface area contributed by atoms with Gasteiger partial charge in [-0.05, 0) is 12.3 Å². The molecule has 0 aromatic heterocycles. The van der Waals surface area contributed by atoms with E-state index >= 15 is 0 Å². The van der Waals surface area contributed by atoms with Crippen LogP contribution >= 0.6 is 0 Å². The fourth-order valence-electron chi connectivity index (χ4n) is 2.14. The fraction of sp³-hybridized carbons (Fsp3) is 0.800. The third kappa shape index (κ3) is 3.20. The van der Waals surface area contributed by atoms with E-state index < -0.39 is 24.0 Å². The number of hydrogen-bond acceptors (Lipinski definition) is 3. The van der Waals surface area contributed by atoms with Gasteiger partial charge in [-0.25, -0.2) is 4.79 Å². The third-order valence-electron chi connectivity index (χ3n) is 3.01. The van der Waals surface area contributed by atoms with E-state index in [0.29, 0.717) is 0 Å². The Hall–Kier alpha value is -1.10. The topological polar surface area (TPSA) is 94.8 Å². The quantitative estimate of drug-likeness (QED) is 0.629. The molecule has 0 radical (unpaired) electrons. The normalized spacial score (nSPS) is 21.1. The van der Waals surface area contributed by atoms with Gasteiger partial charge < -0.3 is 15.3 Å². The Morgan fingerprint density at radius 2 is 1.67 bits per heavy atom. The SMILES string of the molecule is O=C(O)C(O)C(CC1CCCC1)C(=O)O. The van der Waals surface area contributed by atoms with Crippen LogP contribution in [-0.4, -0.2) is 33.4 Å². The molecular weight excluding hydrogens is 200 g/mol. The molecule has 1 aliphatic carbocycles. The van der Waals surface area contributed by atoms with Gasteiger partial charge in [-0.15, -0.1) is 0 Å². The molecule has 2 atom stereocenters. The van der Waals surface area contributed by atoms with E-state index in [1.807, 2.05) is 0 Å². The van der Waals surface area contributed by atoms with Gasteiger partial charge in [-0.2, -0.15) is 0 Å². The van der Waals surface area contributed by atoms with E-state index in [2.05, 4.69) is 0 Å². The summed E-state index contributed by atoms with van der Waals surface area (Å²) in [4.78, 5) is 21.3. The number of hydrogen-bond donors (Lipinski definition) is 3. The average molecular weight is 216 g/mol. The first-order valence-corrected chi connectivity index (χ1v) is 5.16. The number of carbonyl (C=O) groups is 2. The molecule has 2 unspecified atom stereocenters. The van der Waals surface area contributed by atoms with E-state index in [0.717, 1.165) is 25.7 Å². The van der Waals surface area contributed by atoms with E-state index in [1.54, 1.807) is 0 Å². The van der Waals surface area contributed by atoms with Gasteiger partial charge in [-0.1, -0.05) is 25.7 Å². The number of carboxylic acids is 2. The Balaban J connectivity index is 2.57. The summed E-state index contributed by atoms with van der Waals surface area (Å²) >= 11 is 0. The number of carboxylic acid groups (broad SMARTS) is 2. The number of rotatable bonds is 5. The summed E-state index contributed by atoms with van der Waals surface area (Å²) < 4.78 is 0. The molecule has 0 spiro atoms. The molecule has 0 aromatic rings. The molecule has 0 bridgehead atoms. The van der Waals surface area contributed by atoms with Crippen LogP contribution in [0.1, 0.15) is 32.1 Å². The van der Waals surface area contributed by atoms with Crippen molar-refractivity contribution in [1.82, 2.24) is 0 Å². The van der Waals surface area contributed by atoms with E-state index in [1.165, 1.54) is 0 Å². The van der Waals surface area contributed by atoms with Crippen LogP contribution in [0.4, 0.5) is 0 Å². The van der Waals surface area contributed by atoms with Gasteiger partial charge in [0.05, 0.1) is 5.92 Å². The lowest BCUT2D eigenvalue weighted by Gasteiger charge is -2.18. The highest BCUT2D eigenvalue weighted by molar-refractivity contribution is 5.81. The highest BCUT2D eigenvalue weighted by atomic mass is 16.4. The van der Waals surface area contributed by atoms with E-state index in [-0.39, 0.29) is 12.3 Å². The molecule has 5 heteroatoms. The summed E-state index contributed by atoms with van der Waals surface area (Å²) in [6, 6.07) is 0. The van der Waals surface area contributed by atoms with Gasteiger partial charge >= 0.3 is 11.9 Å². The van der Waals surface area contributed by atoms with Crippen molar-refractivity contribution in [2.45, 2.75) is 38.2 Å². The predicted octanol–water partition coefficient (Wildman–Crippen LogP) is 0.713. The van der Waals surface area contributed by atoms with Crippen molar-refractivity contribution in [3.63, 3.8) is 0 Å². The molecule has 86 valence electrons. The summed E-state index contributed by atoms with van der Waals surface area (Å²) in [6.45, 7) is 0. The summed E-state index contributed by atoms with van der Waals surface area (Å²) in [7, 11) is 0. The molecule has 0 aromatic carbocycles. The molecular formula is C10H16O5. The van der Waals surface area contributed by atoms with Gasteiger partial charge in [0.2, 0.25) is 0 Å². The second-order valence-electron chi connectivity index (χ2n) is 4.11. The second-order valence-corrected chi connectivity index (χ2v) is 4.11. The van der Waals surface area contributed by atoms with Crippen LogP contribution in [-0.2, 0) is 9.59 Å². The molecule has 3 N–H and O–H groups in total. The van der Waals surface area contributed by atoms with Gasteiger partial charge in [0.25, 0.3) is 0 Å². The highest BCUT2D eigenvalue weighted by Crippen LogP contribution is 2.31. The summed E-state index contributed by atoms with van der Waals surface area (Å²) in [5.74, 6) is -3.61. The number of aliphatic carboxylic acids is 2. The first-order valence-electron chi connectivity index (χ1n) is 5.16. The Labute approximate surface area is 87.7 Å². The Kier molecular flexibility index (Phi) is 4.08. The van der Waals surface area contributed by atoms with Crippen LogP contribution in [0, 0.1) is 11.8 Å². The van der Waals surface area contributed by atoms with Crippen LogP contribution in [0.25, 0.3) is 0 Å². The standard InChI is InChI=1S/C10H16O5/c11-8(10(14)15)7(9(12)13)5-6-3-1-2-4-6/h6-8,11H,1-5H2,(H,12,13)(H,14,15). The average Bonchev–Trinajstić information content (AvgIpc) is 2.64. The molecule has 5 nitrogen and oxygen atoms in total. The molecule has 0 aliphatic heterocycles. The number of aliphatic hydroxyl groups excluding tert-OH is 1. The zero-order valence-corrected chi connectivity index (χ0v) is 8.43.